The highest BCUT2D eigenvalue weighted by molar-refractivity contribution is 9.10. The summed E-state index contributed by atoms with van der Waals surface area (Å²) in [5.41, 5.74) is 0. The largest absolute Gasteiger partial charge is 0.383 e. The maximum Gasteiger partial charge on any atom is 0.146 e. The molecule has 0 aliphatic rings. The number of nitrogens with one attached hydrogen (secondary N) is 2. The Balaban J connectivity index is 2.85. The van der Waals surface area contributed by atoms with Crippen LogP contribution in [-0.2, 0) is 4.74 Å². The molecule has 5 nitrogen and oxygen atoms in total. The number of ether oxygens (including phenoxy) is 1. The van der Waals surface area contributed by atoms with Crippen LogP contribution in [0.1, 0.15) is 13.8 Å². The van der Waals surface area contributed by atoms with Crippen LogP contribution in [0.3, 0.4) is 0 Å². The van der Waals surface area contributed by atoms with Gasteiger partial charge in [-0.15, -0.1) is 0 Å². The SMILES string of the molecule is CNc1ncnc(NC(COC)C(C)C)c1Br. The van der Waals surface area contributed by atoms with Gasteiger partial charge in [-0.2, -0.15) is 0 Å². The molecule has 17 heavy (non-hydrogen) atoms. The van der Waals surface area contributed by atoms with Gasteiger partial charge in [0, 0.05) is 14.2 Å². The first-order valence-corrected chi connectivity index (χ1v) is 6.33. The van der Waals surface area contributed by atoms with Crippen LogP contribution in [0.2, 0.25) is 0 Å². The number of hydrogen-bond acceptors (Lipinski definition) is 5. The van der Waals surface area contributed by atoms with Crippen molar-refractivity contribution < 1.29 is 4.74 Å². The van der Waals surface area contributed by atoms with Gasteiger partial charge in [-0.05, 0) is 21.8 Å². The number of methoxy groups -OCH3 is 1. The summed E-state index contributed by atoms with van der Waals surface area (Å²) in [7, 11) is 3.52. The molecular formula is C11H19BrN4O. The maximum atomic E-state index is 5.20. The third kappa shape index (κ3) is 3.81. The molecule has 1 aromatic rings. The molecule has 0 aromatic carbocycles. The highest BCUT2D eigenvalue weighted by Gasteiger charge is 2.16. The smallest absolute Gasteiger partial charge is 0.146 e. The van der Waals surface area contributed by atoms with E-state index >= 15 is 0 Å². The predicted molar refractivity (Wildman–Crippen MR) is 73.4 cm³/mol. The highest BCUT2D eigenvalue weighted by atomic mass is 79.9. The lowest BCUT2D eigenvalue weighted by molar-refractivity contribution is 0.171. The summed E-state index contributed by atoms with van der Waals surface area (Å²) in [5.74, 6) is 2.00. The van der Waals surface area contributed by atoms with Crippen LogP contribution in [0.15, 0.2) is 10.8 Å². The van der Waals surface area contributed by atoms with E-state index < -0.39 is 0 Å². The van der Waals surface area contributed by atoms with Gasteiger partial charge in [0.2, 0.25) is 0 Å². The Morgan fingerprint density at radius 2 is 2.00 bits per heavy atom. The molecule has 1 heterocycles. The zero-order chi connectivity index (χ0) is 12.8. The topological polar surface area (TPSA) is 59.1 Å². The lowest BCUT2D eigenvalue weighted by atomic mass is 10.1. The van der Waals surface area contributed by atoms with Crippen LogP contribution in [0.4, 0.5) is 11.6 Å². The molecular weight excluding hydrogens is 284 g/mol. The van der Waals surface area contributed by atoms with E-state index in [4.69, 9.17) is 4.74 Å². The van der Waals surface area contributed by atoms with E-state index in [1.165, 1.54) is 6.33 Å². The Hall–Kier alpha value is -0.880. The molecule has 1 unspecified atom stereocenters. The fourth-order valence-electron chi connectivity index (χ4n) is 1.40. The molecule has 0 bridgehead atoms. The number of aromatic nitrogens is 2. The van der Waals surface area contributed by atoms with Crippen molar-refractivity contribution in [1.82, 2.24) is 9.97 Å². The molecule has 0 spiro atoms. The van der Waals surface area contributed by atoms with Crippen molar-refractivity contribution in [2.45, 2.75) is 19.9 Å². The molecule has 0 amide bonds. The monoisotopic (exact) mass is 302 g/mol. The highest BCUT2D eigenvalue weighted by Crippen LogP contribution is 2.27. The molecule has 6 heteroatoms. The van der Waals surface area contributed by atoms with Gasteiger partial charge in [0.1, 0.15) is 22.4 Å². The minimum Gasteiger partial charge on any atom is -0.383 e. The van der Waals surface area contributed by atoms with Crippen molar-refractivity contribution in [1.29, 1.82) is 0 Å². The average Bonchev–Trinajstić information content (AvgIpc) is 2.30. The summed E-state index contributed by atoms with van der Waals surface area (Å²) in [5, 5.41) is 6.36. The van der Waals surface area contributed by atoms with Gasteiger partial charge >= 0.3 is 0 Å². The van der Waals surface area contributed by atoms with Crippen LogP contribution in [0.25, 0.3) is 0 Å². The van der Waals surface area contributed by atoms with Crippen LogP contribution < -0.4 is 10.6 Å². The van der Waals surface area contributed by atoms with Crippen molar-refractivity contribution >= 4 is 27.6 Å². The van der Waals surface area contributed by atoms with Gasteiger partial charge in [0.15, 0.2) is 0 Å². The first kappa shape index (κ1) is 14.2. The summed E-state index contributed by atoms with van der Waals surface area (Å²) in [4.78, 5) is 8.34. The number of halogens is 1. The Morgan fingerprint density at radius 1 is 1.35 bits per heavy atom. The number of hydrogen-bond donors (Lipinski definition) is 2. The summed E-state index contributed by atoms with van der Waals surface area (Å²) in [6.07, 6.45) is 1.53. The Morgan fingerprint density at radius 3 is 2.53 bits per heavy atom. The van der Waals surface area contributed by atoms with Crippen LogP contribution in [-0.4, -0.2) is 36.8 Å². The maximum absolute atomic E-state index is 5.20. The molecule has 0 aliphatic carbocycles. The second-order valence-corrected chi connectivity index (χ2v) is 4.88. The normalized spacial score (nSPS) is 12.6. The summed E-state index contributed by atoms with van der Waals surface area (Å²) >= 11 is 3.48. The van der Waals surface area contributed by atoms with E-state index in [2.05, 4.69) is 50.4 Å². The van der Waals surface area contributed by atoms with Crippen LogP contribution >= 0.6 is 15.9 Å². The Labute approximate surface area is 111 Å². The van der Waals surface area contributed by atoms with E-state index in [-0.39, 0.29) is 6.04 Å². The van der Waals surface area contributed by atoms with Gasteiger partial charge in [-0.1, -0.05) is 13.8 Å². The zero-order valence-corrected chi connectivity index (χ0v) is 12.2. The Bertz CT molecular complexity index is 359. The van der Waals surface area contributed by atoms with Crippen LogP contribution in [0, 0.1) is 5.92 Å². The number of anilines is 2. The minimum absolute atomic E-state index is 0.218. The second-order valence-electron chi connectivity index (χ2n) is 4.09. The standard InChI is InChI=1S/C11H19BrN4O/c1-7(2)8(5-17-4)16-11-9(12)10(13-3)14-6-15-11/h6-8H,5H2,1-4H3,(H2,13,14,15,16). The molecule has 0 fully saturated rings. The van der Waals surface area contributed by atoms with Gasteiger partial charge in [-0.3, -0.25) is 0 Å². The van der Waals surface area contributed by atoms with Gasteiger partial charge in [-0.25, -0.2) is 9.97 Å². The molecule has 96 valence electrons. The molecule has 1 aromatic heterocycles. The van der Waals surface area contributed by atoms with Gasteiger partial charge in [0.25, 0.3) is 0 Å². The van der Waals surface area contributed by atoms with Gasteiger partial charge < -0.3 is 15.4 Å². The quantitative estimate of drug-likeness (QED) is 0.845. The first-order valence-electron chi connectivity index (χ1n) is 5.53. The third-order valence-corrected chi connectivity index (χ3v) is 3.25. The molecule has 0 radical (unpaired) electrons. The van der Waals surface area contributed by atoms with E-state index in [9.17, 15) is 0 Å². The van der Waals surface area contributed by atoms with E-state index in [1.807, 2.05) is 7.05 Å². The van der Waals surface area contributed by atoms with E-state index in [1.54, 1.807) is 7.11 Å². The average molecular weight is 303 g/mol. The van der Waals surface area contributed by atoms with Gasteiger partial charge in [0.05, 0.1) is 12.6 Å². The predicted octanol–water partition coefficient (Wildman–Crippen LogP) is 2.36. The van der Waals surface area contributed by atoms with Crippen molar-refractivity contribution in [2.75, 3.05) is 31.4 Å². The summed E-state index contributed by atoms with van der Waals surface area (Å²) < 4.78 is 6.03. The molecule has 0 aliphatic heterocycles. The van der Waals surface area contributed by atoms with Crippen molar-refractivity contribution in [3.05, 3.63) is 10.8 Å². The van der Waals surface area contributed by atoms with Crippen molar-refractivity contribution in [3.8, 4) is 0 Å². The van der Waals surface area contributed by atoms with E-state index in [0.29, 0.717) is 12.5 Å². The minimum atomic E-state index is 0.218. The second kappa shape index (κ2) is 6.76. The van der Waals surface area contributed by atoms with Crippen molar-refractivity contribution in [3.63, 3.8) is 0 Å². The number of nitrogens with zero attached hydrogens (tertiary/aromatic N) is 2. The lowest BCUT2D eigenvalue weighted by Crippen LogP contribution is -2.31. The fourth-order valence-corrected chi connectivity index (χ4v) is 1.92. The van der Waals surface area contributed by atoms with E-state index in [0.717, 1.165) is 16.1 Å². The Kier molecular flexibility index (Phi) is 5.64. The van der Waals surface area contributed by atoms with Crippen LogP contribution in [0.5, 0.6) is 0 Å². The zero-order valence-electron chi connectivity index (χ0n) is 10.6. The van der Waals surface area contributed by atoms with Crippen molar-refractivity contribution in [2.24, 2.45) is 5.92 Å². The summed E-state index contributed by atoms with van der Waals surface area (Å²) in [6.45, 7) is 4.93. The molecule has 0 saturated carbocycles. The third-order valence-electron chi connectivity index (χ3n) is 2.50. The number of rotatable bonds is 6. The molecule has 1 rings (SSSR count). The summed E-state index contributed by atoms with van der Waals surface area (Å²) in [6, 6.07) is 0.218. The molecule has 0 saturated heterocycles. The lowest BCUT2D eigenvalue weighted by Gasteiger charge is -2.22. The molecule has 2 N–H and O–H groups in total. The molecule has 1 atom stereocenters. The first-order chi connectivity index (χ1) is 8.10. The fraction of sp³-hybridized carbons (Fsp3) is 0.636.